The lowest BCUT2D eigenvalue weighted by Crippen LogP contribution is -2.30. The van der Waals surface area contributed by atoms with Gasteiger partial charge in [0.05, 0.1) is 12.6 Å². The van der Waals surface area contributed by atoms with E-state index in [1.165, 1.54) is 0 Å². The second-order valence-electron chi connectivity index (χ2n) is 6.44. The number of likely N-dealkylation sites (tertiary alicyclic amines) is 1. The lowest BCUT2D eigenvalue weighted by atomic mass is 9.95. The highest BCUT2D eigenvalue weighted by Gasteiger charge is 2.32. The fourth-order valence-electron chi connectivity index (χ4n) is 2.94. The zero-order chi connectivity index (χ0) is 14.9. The summed E-state index contributed by atoms with van der Waals surface area (Å²) in [4.78, 5) is 13.8. The van der Waals surface area contributed by atoms with E-state index in [9.17, 15) is 9.90 Å². The summed E-state index contributed by atoms with van der Waals surface area (Å²) in [7, 11) is 0. The number of aliphatic hydroxyl groups excluding tert-OH is 1. The molecule has 1 aliphatic rings. The Morgan fingerprint density at radius 3 is 2.35 bits per heavy atom. The van der Waals surface area contributed by atoms with Crippen LogP contribution in [0.2, 0.25) is 0 Å². The number of hydrogen-bond acceptors (Lipinski definition) is 2. The van der Waals surface area contributed by atoms with Gasteiger partial charge >= 0.3 is 0 Å². The Morgan fingerprint density at radius 1 is 1.25 bits per heavy atom. The van der Waals surface area contributed by atoms with Crippen molar-refractivity contribution in [3.63, 3.8) is 0 Å². The van der Waals surface area contributed by atoms with Crippen LogP contribution in [-0.4, -0.2) is 29.0 Å². The average molecular weight is 275 g/mol. The van der Waals surface area contributed by atoms with Crippen LogP contribution in [0, 0.1) is 25.7 Å². The Labute approximate surface area is 121 Å². The van der Waals surface area contributed by atoms with Gasteiger partial charge in [-0.2, -0.15) is 0 Å². The lowest BCUT2D eigenvalue weighted by molar-refractivity contribution is -0.129. The number of β-amino-alcohol motifs (C(OH)–C–C–N with tert-alkyl or cyclic N) is 1. The molecule has 1 aromatic rings. The molecule has 1 heterocycles. The van der Waals surface area contributed by atoms with Crippen LogP contribution in [0.3, 0.4) is 0 Å². The fraction of sp³-hybridized carbons (Fsp3) is 0.588. The summed E-state index contributed by atoms with van der Waals surface area (Å²) in [5.74, 6) is 1.11. The van der Waals surface area contributed by atoms with Crippen molar-refractivity contribution in [1.82, 2.24) is 4.90 Å². The number of carbonyl (C=O) groups excluding carboxylic acids is 1. The largest absolute Gasteiger partial charge is 0.387 e. The summed E-state index contributed by atoms with van der Waals surface area (Å²) in [5.41, 5.74) is 3.20. The summed E-state index contributed by atoms with van der Waals surface area (Å²) in [6.07, 6.45) is 0.0282. The number of aliphatic hydroxyl groups is 1. The zero-order valence-electron chi connectivity index (χ0n) is 12.9. The van der Waals surface area contributed by atoms with Gasteiger partial charge in [-0.15, -0.1) is 0 Å². The van der Waals surface area contributed by atoms with Gasteiger partial charge in [-0.1, -0.05) is 43.2 Å². The molecule has 110 valence electrons. The lowest BCUT2D eigenvalue weighted by Gasteiger charge is -2.22. The number of amides is 1. The van der Waals surface area contributed by atoms with Crippen molar-refractivity contribution >= 4 is 5.91 Å². The smallest absolute Gasteiger partial charge is 0.223 e. The summed E-state index contributed by atoms with van der Waals surface area (Å²) < 4.78 is 0. The second kappa shape index (κ2) is 5.96. The molecule has 20 heavy (non-hydrogen) atoms. The first-order valence-corrected chi connectivity index (χ1v) is 7.41. The number of rotatable bonds is 4. The van der Waals surface area contributed by atoms with Crippen LogP contribution in [0.15, 0.2) is 18.2 Å². The molecule has 0 aromatic heterocycles. The minimum absolute atomic E-state index is 0.173. The van der Waals surface area contributed by atoms with Gasteiger partial charge in [0.1, 0.15) is 0 Å². The van der Waals surface area contributed by atoms with E-state index in [1.54, 1.807) is 0 Å². The molecular weight excluding hydrogens is 250 g/mol. The van der Waals surface area contributed by atoms with Crippen molar-refractivity contribution in [3.8, 4) is 0 Å². The Hall–Kier alpha value is -1.35. The number of aryl methyl sites for hydroxylation is 2. The quantitative estimate of drug-likeness (QED) is 0.918. The van der Waals surface area contributed by atoms with Crippen molar-refractivity contribution in [2.45, 2.75) is 40.2 Å². The first-order chi connectivity index (χ1) is 9.36. The molecule has 1 fully saturated rings. The van der Waals surface area contributed by atoms with E-state index >= 15 is 0 Å². The van der Waals surface area contributed by atoms with Crippen molar-refractivity contribution in [1.29, 1.82) is 0 Å². The van der Waals surface area contributed by atoms with Crippen LogP contribution in [-0.2, 0) is 4.79 Å². The van der Waals surface area contributed by atoms with Crippen LogP contribution in [0.25, 0.3) is 0 Å². The first kappa shape index (κ1) is 15.0. The van der Waals surface area contributed by atoms with Gasteiger partial charge in [-0.05, 0) is 31.2 Å². The fourth-order valence-corrected chi connectivity index (χ4v) is 2.94. The van der Waals surface area contributed by atoms with E-state index in [1.807, 2.05) is 30.9 Å². The summed E-state index contributed by atoms with van der Waals surface area (Å²) >= 11 is 0. The third-order valence-electron chi connectivity index (χ3n) is 4.21. The Bertz CT molecular complexity index is 476. The first-order valence-electron chi connectivity index (χ1n) is 7.41. The van der Waals surface area contributed by atoms with Crippen LogP contribution in [0.1, 0.15) is 43.1 Å². The standard InChI is InChI=1S/C17H25NO2/c1-11(2)15-8-17(20)18(9-15)10-16(19)14-6-12(3)5-13(4)7-14/h5-7,11,15-16,19H,8-10H2,1-4H3. The Balaban J connectivity index is 2.04. The molecule has 0 aliphatic carbocycles. The van der Waals surface area contributed by atoms with Gasteiger partial charge in [0.2, 0.25) is 5.91 Å². The molecule has 3 heteroatoms. The molecule has 1 N–H and O–H groups in total. The highest BCUT2D eigenvalue weighted by Crippen LogP contribution is 2.27. The molecule has 2 atom stereocenters. The third kappa shape index (κ3) is 3.40. The van der Waals surface area contributed by atoms with Gasteiger partial charge in [0, 0.05) is 13.0 Å². The normalized spacial score (nSPS) is 20.8. The predicted octanol–water partition coefficient (Wildman–Crippen LogP) is 2.84. The van der Waals surface area contributed by atoms with Crippen molar-refractivity contribution in [2.24, 2.45) is 11.8 Å². The molecule has 0 saturated carbocycles. The Kier molecular flexibility index (Phi) is 4.48. The predicted molar refractivity (Wildman–Crippen MR) is 80.4 cm³/mol. The number of benzene rings is 1. The maximum atomic E-state index is 12.0. The van der Waals surface area contributed by atoms with E-state index in [-0.39, 0.29) is 5.91 Å². The molecule has 2 unspecified atom stereocenters. The Morgan fingerprint density at radius 2 is 1.85 bits per heavy atom. The van der Waals surface area contributed by atoms with Crippen LogP contribution < -0.4 is 0 Å². The summed E-state index contributed by atoms with van der Waals surface area (Å²) in [5, 5.41) is 10.4. The minimum atomic E-state index is -0.594. The SMILES string of the molecule is Cc1cc(C)cc(C(O)CN2CC(C(C)C)CC2=O)c1. The molecular formula is C17H25NO2. The van der Waals surface area contributed by atoms with E-state index in [0.29, 0.717) is 24.8 Å². The van der Waals surface area contributed by atoms with Gasteiger partial charge in [0.25, 0.3) is 0 Å². The molecule has 1 amide bonds. The van der Waals surface area contributed by atoms with E-state index < -0.39 is 6.10 Å². The molecule has 1 aromatic carbocycles. The summed E-state index contributed by atoms with van der Waals surface area (Å²) in [6, 6.07) is 6.09. The van der Waals surface area contributed by atoms with E-state index in [2.05, 4.69) is 19.9 Å². The number of hydrogen-bond donors (Lipinski definition) is 1. The van der Waals surface area contributed by atoms with Crippen LogP contribution >= 0.6 is 0 Å². The topological polar surface area (TPSA) is 40.5 Å². The maximum absolute atomic E-state index is 12.0. The molecule has 0 bridgehead atoms. The number of nitrogens with zero attached hydrogens (tertiary/aromatic N) is 1. The number of carbonyl (C=O) groups is 1. The van der Waals surface area contributed by atoms with Crippen LogP contribution in [0.4, 0.5) is 0 Å². The van der Waals surface area contributed by atoms with Crippen molar-refractivity contribution in [3.05, 3.63) is 34.9 Å². The van der Waals surface area contributed by atoms with E-state index in [4.69, 9.17) is 0 Å². The van der Waals surface area contributed by atoms with Gasteiger partial charge in [0.15, 0.2) is 0 Å². The molecule has 0 radical (unpaired) electrons. The van der Waals surface area contributed by atoms with Crippen molar-refractivity contribution in [2.75, 3.05) is 13.1 Å². The van der Waals surface area contributed by atoms with Crippen LogP contribution in [0.5, 0.6) is 0 Å². The minimum Gasteiger partial charge on any atom is -0.387 e. The maximum Gasteiger partial charge on any atom is 0.223 e. The van der Waals surface area contributed by atoms with Crippen molar-refractivity contribution < 1.29 is 9.90 Å². The van der Waals surface area contributed by atoms with E-state index in [0.717, 1.165) is 23.2 Å². The highest BCUT2D eigenvalue weighted by atomic mass is 16.3. The van der Waals surface area contributed by atoms with Gasteiger partial charge in [-0.25, -0.2) is 0 Å². The molecule has 2 rings (SSSR count). The zero-order valence-corrected chi connectivity index (χ0v) is 12.9. The molecule has 1 aliphatic heterocycles. The van der Waals surface area contributed by atoms with Gasteiger partial charge < -0.3 is 10.0 Å². The third-order valence-corrected chi connectivity index (χ3v) is 4.21. The van der Waals surface area contributed by atoms with Gasteiger partial charge in [-0.3, -0.25) is 4.79 Å². The monoisotopic (exact) mass is 275 g/mol. The summed E-state index contributed by atoms with van der Waals surface area (Å²) in [6.45, 7) is 9.55. The molecule has 3 nitrogen and oxygen atoms in total. The second-order valence-corrected chi connectivity index (χ2v) is 6.44. The molecule has 0 spiro atoms. The molecule has 1 saturated heterocycles. The average Bonchev–Trinajstić information content (AvgIpc) is 2.70. The highest BCUT2D eigenvalue weighted by molar-refractivity contribution is 5.78.